The Balaban J connectivity index is 2.06. The van der Waals surface area contributed by atoms with Crippen molar-refractivity contribution in [1.29, 1.82) is 0 Å². The Labute approximate surface area is 102 Å². The normalized spacial score (nSPS) is 27.6. The summed E-state index contributed by atoms with van der Waals surface area (Å²) in [6.45, 7) is 2.94. The lowest BCUT2D eigenvalue weighted by Gasteiger charge is -2.44. The van der Waals surface area contributed by atoms with Gasteiger partial charge in [-0.15, -0.1) is 0 Å². The van der Waals surface area contributed by atoms with E-state index in [1.54, 1.807) is 0 Å². The van der Waals surface area contributed by atoms with Gasteiger partial charge in [-0.2, -0.15) is 0 Å². The summed E-state index contributed by atoms with van der Waals surface area (Å²) in [6.07, 6.45) is 2.39. The molecule has 2 N–H and O–H groups in total. The zero-order valence-electron chi connectivity index (χ0n) is 10.1. The molecule has 0 bridgehead atoms. The van der Waals surface area contributed by atoms with Gasteiger partial charge in [0.25, 0.3) is 0 Å². The molecule has 3 heteroatoms. The molecule has 1 fully saturated rings. The van der Waals surface area contributed by atoms with E-state index in [1.807, 2.05) is 4.90 Å². The predicted molar refractivity (Wildman–Crippen MR) is 66.5 cm³/mol. The molecular weight excluding hydrogens is 212 g/mol. The van der Waals surface area contributed by atoms with Crippen LogP contribution in [-0.2, 0) is 11.2 Å². The first-order chi connectivity index (χ1) is 8.16. The fraction of sp³-hybridized carbons (Fsp3) is 0.500. The van der Waals surface area contributed by atoms with Crippen LogP contribution in [0.15, 0.2) is 18.2 Å². The first-order valence-corrected chi connectivity index (χ1v) is 6.31. The van der Waals surface area contributed by atoms with Gasteiger partial charge in [0.1, 0.15) is 0 Å². The summed E-state index contributed by atoms with van der Waals surface area (Å²) >= 11 is 0. The van der Waals surface area contributed by atoms with Crippen molar-refractivity contribution in [2.24, 2.45) is 5.73 Å². The number of piperidine rings is 1. The summed E-state index contributed by atoms with van der Waals surface area (Å²) in [5, 5.41) is 0. The maximum atomic E-state index is 11.9. The molecule has 1 saturated heterocycles. The van der Waals surface area contributed by atoms with E-state index in [9.17, 15) is 4.79 Å². The van der Waals surface area contributed by atoms with Crippen LogP contribution in [0.2, 0.25) is 0 Å². The average molecular weight is 230 g/mol. The molecule has 0 radical (unpaired) electrons. The van der Waals surface area contributed by atoms with Crippen molar-refractivity contribution in [3.63, 3.8) is 0 Å². The molecule has 2 atom stereocenters. The van der Waals surface area contributed by atoms with E-state index < -0.39 is 0 Å². The maximum Gasteiger partial charge on any atom is 0.223 e. The van der Waals surface area contributed by atoms with Crippen LogP contribution in [-0.4, -0.2) is 23.4 Å². The van der Waals surface area contributed by atoms with Crippen molar-refractivity contribution in [2.75, 3.05) is 6.54 Å². The molecule has 1 aromatic rings. The first kappa shape index (κ1) is 10.8. The van der Waals surface area contributed by atoms with E-state index in [1.165, 1.54) is 16.7 Å². The van der Waals surface area contributed by atoms with Gasteiger partial charge in [-0.1, -0.05) is 23.8 Å². The lowest BCUT2D eigenvalue weighted by atomic mass is 9.83. The highest BCUT2D eigenvalue weighted by Crippen LogP contribution is 2.36. The largest absolute Gasteiger partial charge is 0.334 e. The molecule has 90 valence electrons. The Kier molecular flexibility index (Phi) is 2.44. The molecule has 0 spiro atoms. The third-order valence-corrected chi connectivity index (χ3v) is 3.99. The molecule has 0 aromatic heterocycles. The zero-order valence-corrected chi connectivity index (χ0v) is 10.1. The molecule has 0 saturated carbocycles. The number of aryl methyl sites for hydroxylation is 1. The first-order valence-electron chi connectivity index (χ1n) is 6.31. The summed E-state index contributed by atoms with van der Waals surface area (Å²) < 4.78 is 0. The molecule has 1 amide bonds. The smallest absolute Gasteiger partial charge is 0.223 e. The summed E-state index contributed by atoms with van der Waals surface area (Å²) in [6, 6.07) is 6.71. The standard InChI is InChI=1S/C14H18N2O/c1-9-2-3-11-10(8-9)6-7-16-13(17)5-4-12(15)14(11)16/h2-3,8,12,14H,4-7,15H2,1H3. The van der Waals surface area contributed by atoms with Crippen LogP contribution in [0.3, 0.4) is 0 Å². The highest BCUT2D eigenvalue weighted by Gasteiger charge is 2.38. The third kappa shape index (κ3) is 1.65. The van der Waals surface area contributed by atoms with Crippen molar-refractivity contribution < 1.29 is 4.79 Å². The second-order valence-corrected chi connectivity index (χ2v) is 5.19. The van der Waals surface area contributed by atoms with E-state index in [0.717, 1.165) is 19.4 Å². The fourth-order valence-corrected chi connectivity index (χ4v) is 3.12. The monoisotopic (exact) mass is 230 g/mol. The molecule has 17 heavy (non-hydrogen) atoms. The van der Waals surface area contributed by atoms with E-state index in [-0.39, 0.29) is 18.0 Å². The van der Waals surface area contributed by atoms with Crippen molar-refractivity contribution in [2.45, 2.75) is 38.3 Å². The minimum absolute atomic E-state index is 0.0921. The van der Waals surface area contributed by atoms with Crippen LogP contribution in [0.1, 0.15) is 35.6 Å². The van der Waals surface area contributed by atoms with Gasteiger partial charge in [0.05, 0.1) is 6.04 Å². The molecule has 2 unspecified atom stereocenters. The predicted octanol–water partition coefficient (Wildman–Crippen LogP) is 1.54. The van der Waals surface area contributed by atoms with Crippen LogP contribution in [0.25, 0.3) is 0 Å². The van der Waals surface area contributed by atoms with Gasteiger partial charge in [0, 0.05) is 19.0 Å². The quantitative estimate of drug-likeness (QED) is 0.735. The van der Waals surface area contributed by atoms with E-state index in [4.69, 9.17) is 5.73 Å². The average Bonchev–Trinajstić information content (AvgIpc) is 2.32. The lowest BCUT2D eigenvalue weighted by Crippen LogP contribution is -2.51. The van der Waals surface area contributed by atoms with Crippen molar-refractivity contribution in [1.82, 2.24) is 4.90 Å². The summed E-state index contributed by atoms with van der Waals surface area (Å²) in [7, 11) is 0. The number of fused-ring (bicyclic) bond motifs is 3. The van der Waals surface area contributed by atoms with Crippen LogP contribution < -0.4 is 5.73 Å². The second-order valence-electron chi connectivity index (χ2n) is 5.19. The van der Waals surface area contributed by atoms with Crippen LogP contribution in [0, 0.1) is 6.92 Å². The number of benzene rings is 1. The molecule has 2 aliphatic heterocycles. The number of nitrogens with two attached hydrogens (primary N) is 1. The minimum atomic E-state index is 0.0921. The number of carbonyl (C=O) groups excluding carboxylic acids is 1. The van der Waals surface area contributed by atoms with Gasteiger partial charge in [-0.25, -0.2) is 0 Å². The minimum Gasteiger partial charge on any atom is -0.334 e. The van der Waals surface area contributed by atoms with Crippen molar-refractivity contribution in [3.05, 3.63) is 34.9 Å². The molecular formula is C14H18N2O. The van der Waals surface area contributed by atoms with Gasteiger partial charge in [-0.05, 0) is 30.9 Å². The lowest BCUT2D eigenvalue weighted by molar-refractivity contribution is -0.137. The number of rotatable bonds is 0. The zero-order chi connectivity index (χ0) is 12.0. The van der Waals surface area contributed by atoms with E-state index >= 15 is 0 Å². The Morgan fingerprint density at radius 2 is 2.18 bits per heavy atom. The van der Waals surface area contributed by atoms with E-state index in [2.05, 4.69) is 25.1 Å². The topological polar surface area (TPSA) is 46.3 Å². The summed E-state index contributed by atoms with van der Waals surface area (Å²) in [5.41, 5.74) is 10.1. The molecule has 2 aliphatic rings. The van der Waals surface area contributed by atoms with Gasteiger partial charge in [0.2, 0.25) is 5.91 Å². The molecule has 2 heterocycles. The molecule has 3 nitrogen and oxygen atoms in total. The number of nitrogens with zero attached hydrogens (tertiary/aromatic N) is 1. The number of hydrogen-bond acceptors (Lipinski definition) is 2. The Morgan fingerprint density at radius 1 is 1.35 bits per heavy atom. The van der Waals surface area contributed by atoms with Gasteiger partial charge < -0.3 is 10.6 Å². The van der Waals surface area contributed by atoms with Crippen molar-refractivity contribution >= 4 is 5.91 Å². The van der Waals surface area contributed by atoms with Gasteiger partial charge >= 0.3 is 0 Å². The van der Waals surface area contributed by atoms with Crippen molar-refractivity contribution in [3.8, 4) is 0 Å². The summed E-state index contributed by atoms with van der Waals surface area (Å²) in [5.74, 6) is 0.267. The SMILES string of the molecule is Cc1ccc2c(c1)CCN1C(=O)CCC(N)C21. The Bertz CT molecular complexity index is 469. The van der Waals surface area contributed by atoms with Gasteiger partial charge in [0.15, 0.2) is 0 Å². The Morgan fingerprint density at radius 3 is 3.00 bits per heavy atom. The number of hydrogen-bond donors (Lipinski definition) is 1. The van der Waals surface area contributed by atoms with Crippen LogP contribution >= 0.6 is 0 Å². The third-order valence-electron chi connectivity index (χ3n) is 3.99. The summed E-state index contributed by atoms with van der Waals surface area (Å²) in [4.78, 5) is 13.9. The Hall–Kier alpha value is -1.35. The fourth-order valence-electron chi connectivity index (χ4n) is 3.12. The maximum absolute atomic E-state index is 11.9. The van der Waals surface area contributed by atoms with E-state index in [0.29, 0.717) is 6.42 Å². The highest BCUT2D eigenvalue weighted by atomic mass is 16.2. The highest BCUT2D eigenvalue weighted by molar-refractivity contribution is 5.78. The number of amides is 1. The van der Waals surface area contributed by atoms with Crippen LogP contribution in [0.4, 0.5) is 0 Å². The van der Waals surface area contributed by atoms with Crippen LogP contribution in [0.5, 0.6) is 0 Å². The molecule has 3 rings (SSSR count). The number of carbonyl (C=O) groups is 1. The van der Waals surface area contributed by atoms with Gasteiger partial charge in [-0.3, -0.25) is 4.79 Å². The second kappa shape index (κ2) is 3.84. The molecule has 1 aromatic carbocycles. The molecule has 0 aliphatic carbocycles.